The molecule has 0 heterocycles. The number of nitrogens with two attached hydrogens (primary N) is 1. The molecule has 96 valence electrons. The van der Waals surface area contributed by atoms with Crippen molar-refractivity contribution >= 4 is 0 Å². The summed E-state index contributed by atoms with van der Waals surface area (Å²) < 4.78 is 5.66. The van der Waals surface area contributed by atoms with Crippen molar-refractivity contribution in [1.82, 2.24) is 5.43 Å². The first-order chi connectivity index (χ1) is 8.19. The van der Waals surface area contributed by atoms with Gasteiger partial charge in [-0.25, -0.2) is 0 Å². The quantitative estimate of drug-likeness (QED) is 0.564. The van der Waals surface area contributed by atoms with Crippen LogP contribution in [0.15, 0.2) is 30.3 Å². The number of rotatable bonds is 7. The Morgan fingerprint density at radius 3 is 2.35 bits per heavy atom. The lowest BCUT2D eigenvalue weighted by atomic mass is 9.90. The molecule has 2 atom stereocenters. The van der Waals surface area contributed by atoms with Gasteiger partial charge in [0.25, 0.3) is 0 Å². The smallest absolute Gasteiger partial charge is 0.0642 e. The van der Waals surface area contributed by atoms with Gasteiger partial charge in [-0.2, -0.15) is 0 Å². The number of hydrogen-bond donors (Lipinski definition) is 2. The van der Waals surface area contributed by atoms with Crippen LogP contribution in [0.5, 0.6) is 0 Å². The van der Waals surface area contributed by atoms with E-state index in [0.717, 1.165) is 6.42 Å². The van der Waals surface area contributed by atoms with Gasteiger partial charge >= 0.3 is 0 Å². The first kappa shape index (κ1) is 14.2. The topological polar surface area (TPSA) is 47.3 Å². The molecule has 2 unspecified atom stereocenters. The molecular formula is C14H24N2O. The summed E-state index contributed by atoms with van der Waals surface area (Å²) in [6, 6.07) is 10.6. The molecule has 1 aromatic carbocycles. The van der Waals surface area contributed by atoms with E-state index in [2.05, 4.69) is 36.6 Å². The standard InChI is InChI=1S/C14H24N2O/c1-4-13(12-8-6-5-7-9-12)14(16-15)10-17-11(2)3/h5-9,11,13-14,16H,4,10,15H2,1-3H3. The lowest BCUT2D eigenvalue weighted by molar-refractivity contribution is 0.0551. The number of hydrogen-bond acceptors (Lipinski definition) is 3. The predicted octanol–water partition coefficient (Wildman–Crippen LogP) is 2.44. The van der Waals surface area contributed by atoms with Crippen molar-refractivity contribution < 1.29 is 4.74 Å². The zero-order valence-corrected chi connectivity index (χ0v) is 11.0. The highest BCUT2D eigenvalue weighted by Gasteiger charge is 2.20. The first-order valence-corrected chi connectivity index (χ1v) is 6.31. The van der Waals surface area contributed by atoms with Gasteiger partial charge < -0.3 is 4.74 Å². The lowest BCUT2D eigenvalue weighted by Gasteiger charge is -2.26. The Kier molecular flexibility index (Phi) is 6.19. The average molecular weight is 236 g/mol. The van der Waals surface area contributed by atoms with Crippen LogP contribution in [0.1, 0.15) is 38.7 Å². The maximum Gasteiger partial charge on any atom is 0.0642 e. The Balaban J connectivity index is 2.70. The van der Waals surface area contributed by atoms with Crippen molar-refractivity contribution in [2.75, 3.05) is 6.61 Å². The van der Waals surface area contributed by atoms with Gasteiger partial charge in [0.1, 0.15) is 0 Å². The summed E-state index contributed by atoms with van der Waals surface area (Å²) in [5.74, 6) is 6.03. The van der Waals surface area contributed by atoms with E-state index >= 15 is 0 Å². The van der Waals surface area contributed by atoms with Gasteiger partial charge in [-0.05, 0) is 25.8 Å². The van der Waals surface area contributed by atoms with Gasteiger partial charge in [0.05, 0.1) is 18.8 Å². The molecule has 0 aliphatic carbocycles. The van der Waals surface area contributed by atoms with Crippen LogP contribution in [0.25, 0.3) is 0 Å². The monoisotopic (exact) mass is 236 g/mol. The van der Waals surface area contributed by atoms with Crippen LogP contribution in [0.3, 0.4) is 0 Å². The van der Waals surface area contributed by atoms with Gasteiger partial charge in [0.2, 0.25) is 0 Å². The minimum atomic E-state index is 0.157. The van der Waals surface area contributed by atoms with Crippen molar-refractivity contribution in [3.8, 4) is 0 Å². The zero-order valence-electron chi connectivity index (χ0n) is 11.0. The molecule has 1 aromatic rings. The van der Waals surface area contributed by atoms with Gasteiger partial charge in [0.15, 0.2) is 0 Å². The molecule has 0 bridgehead atoms. The molecule has 3 heteroatoms. The molecule has 1 rings (SSSR count). The first-order valence-electron chi connectivity index (χ1n) is 6.31. The Bertz CT molecular complexity index is 300. The minimum Gasteiger partial charge on any atom is -0.377 e. The minimum absolute atomic E-state index is 0.157. The van der Waals surface area contributed by atoms with E-state index in [-0.39, 0.29) is 12.1 Å². The predicted molar refractivity (Wildman–Crippen MR) is 71.7 cm³/mol. The molecule has 0 saturated carbocycles. The van der Waals surface area contributed by atoms with Crippen LogP contribution in [-0.2, 0) is 4.74 Å². The average Bonchev–Trinajstić information content (AvgIpc) is 2.35. The summed E-state index contributed by atoms with van der Waals surface area (Å²) in [4.78, 5) is 0. The zero-order chi connectivity index (χ0) is 12.7. The van der Waals surface area contributed by atoms with Gasteiger partial charge in [0, 0.05) is 5.92 Å². The van der Waals surface area contributed by atoms with Gasteiger partial charge in [-0.1, -0.05) is 37.3 Å². The Labute approximate surface area is 104 Å². The summed E-state index contributed by atoms with van der Waals surface area (Å²) in [5.41, 5.74) is 4.19. The number of ether oxygens (including phenoxy) is 1. The summed E-state index contributed by atoms with van der Waals surface area (Å²) in [5, 5.41) is 0. The molecule has 0 radical (unpaired) electrons. The van der Waals surface area contributed by atoms with Crippen LogP contribution >= 0.6 is 0 Å². The SMILES string of the molecule is CCC(c1ccccc1)C(COC(C)C)NN. The van der Waals surface area contributed by atoms with Crippen LogP contribution in [0, 0.1) is 0 Å². The normalized spacial score (nSPS) is 14.9. The Morgan fingerprint density at radius 1 is 1.24 bits per heavy atom. The van der Waals surface area contributed by atoms with E-state index in [0.29, 0.717) is 12.5 Å². The van der Waals surface area contributed by atoms with E-state index in [1.165, 1.54) is 5.56 Å². The summed E-state index contributed by atoms with van der Waals surface area (Å²) in [6.45, 7) is 6.90. The second-order valence-electron chi connectivity index (χ2n) is 4.58. The molecule has 0 saturated heterocycles. The molecular weight excluding hydrogens is 212 g/mol. The third-order valence-electron chi connectivity index (χ3n) is 2.98. The summed E-state index contributed by atoms with van der Waals surface area (Å²) in [6.07, 6.45) is 1.28. The molecule has 0 fully saturated rings. The van der Waals surface area contributed by atoms with E-state index in [1.807, 2.05) is 19.9 Å². The highest BCUT2D eigenvalue weighted by molar-refractivity contribution is 5.21. The highest BCUT2D eigenvalue weighted by Crippen LogP contribution is 2.23. The van der Waals surface area contributed by atoms with Crippen molar-refractivity contribution in [3.05, 3.63) is 35.9 Å². The van der Waals surface area contributed by atoms with Crippen LogP contribution < -0.4 is 11.3 Å². The number of hydrazine groups is 1. The maximum atomic E-state index is 5.66. The highest BCUT2D eigenvalue weighted by atomic mass is 16.5. The molecule has 0 amide bonds. The fourth-order valence-corrected chi connectivity index (χ4v) is 2.03. The molecule has 3 nitrogen and oxygen atoms in total. The van der Waals surface area contributed by atoms with Crippen molar-refractivity contribution in [1.29, 1.82) is 0 Å². The third kappa shape index (κ3) is 4.46. The van der Waals surface area contributed by atoms with E-state index in [4.69, 9.17) is 10.6 Å². The van der Waals surface area contributed by atoms with Crippen LogP contribution in [-0.4, -0.2) is 18.8 Å². The molecule has 0 aliphatic rings. The lowest BCUT2D eigenvalue weighted by Crippen LogP contribution is -2.43. The Hall–Kier alpha value is -0.900. The van der Waals surface area contributed by atoms with Gasteiger partial charge in [-0.3, -0.25) is 11.3 Å². The largest absolute Gasteiger partial charge is 0.377 e. The van der Waals surface area contributed by atoms with E-state index < -0.39 is 0 Å². The van der Waals surface area contributed by atoms with E-state index in [1.54, 1.807) is 0 Å². The Morgan fingerprint density at radius 2 is 1.88 bits per heavy atom. The van der Waals surface area contributed by atoms with Crippen molar-refractivity contribution in [3.63, 3.8) is 0 Å². The van der Waals surface area contributed by atoms with Crippen LogP contribution in [0.2, 0.25) is 0 Å². The summed E-state index contributed by atoms with van der Waals surface area (Å²) in [7, 11) is 0. The maximum absolute atomic E-state index is 5.66. The second-order valence-corrected chi connectivity index (χ2v) is 4.58. The number of benzene rings is 1. The van der Waals surface area contributed by atoms with Gasteiger partial charge in [-0.15, -0.1) is 0 Å². The fraction of sp³-hybridized carbons (Fsp3) is 0.571. The second kappa shape index (κ2) is 7.43. The molecule has 0 aromatic heterocycles. The van der Waals surface area contributed by atoms with Crippen molar-refractivity contribution in [2.45, 2.75) is 45.3 Å². The fourth-order valence-electron chi connectivity index (χ4n) is 2.03. The molecule has 0 aliphatic heterocycles. The summed E-state index contributed by atoms with van der Waals surface area (Å²) >= 11 is 0. The third-order valence-corrected chi connectivity index (χ3v) is 2.98. The van der Waals surface area contributed by atoms with Crippen molar-refractivity contribution in [2.24, 2.45) is 5.84 Å². The molecule has 3 N–H and O–H groups in total. The molecule has 17 heavy (non-hydrogen) atoms. The van der Waals surface area contributed by atoms with E-state index in [9.17, 15) is 0 Å². The number of nitrogens with one attached hydrogen (secondary N) is 1. The van der Waals surface area contributed by atoms with Crippen LogP contribution in [0.4, 0.5) is 0 Å². The molecule has 0 spiro atoms.